The summed E-state index contributed by atoms with van der Waals surface area (Å²) in [5.74, 6) is -0.673. The van der Waals surface area contributed by atoms with Crippen LogP contribution in [0.2, 0.25) is 0 Å². The quantitative estimate of drug-likeness (QED) is 0.872. The van der Waals surface area contributed by atoms with Gasteiger partial charge in [-0.25, -0.2) is 0 Å². The minimum atomic E-state index is -0.673. The van der Waals surface area contributed by atoms with Crippen molar-refractivity contribution in [3.63, 3.8) is 0 Å². The van der Waals surface area contributed by atoms with E-state index in [9.17, 15) is 9.90 Å². The third-order valence-electron chi connectivity index (χ3n) is 3.90. The van der Waals surface area contributed by atoms with Gasteiger partial charge in [-0.2, -0.15) is 5.10 Å². The zero-order valence-corrected chi connectivity index (χ0v) is 11.1. The molecule has 0 aromatic carbocycles. The van der Waals surface area contributed by atoms with E-state index in [2.05, 4.69) is 10.00 Å². The second-order valence-corrected chi connectivity index (χ2v) is 5.44. The van der Waals surface area contributed by atoms with E-state index in [0.29, 0.717) is 6.54 Å². The second kappa shape index (κ2) is 5.10. The van der Waals surface area contributed by atoms with Gasteiger partial charge in [-0.3, -0.25) is 9.48 Å². The van der Waals surface area contributed by atoms with Crippen LogP contribution in [0.3, 0.4) is 0 Å². The fraction of sp³-hybridized carbons (Fsp3) is 0.692. The van der Waals surface area contributed by atoms with E-state index in [1.165, 1.54) is 5.69 Å². The van der Waals surface area contributed by atoms with Crippen LogP contribution >= 0.6 is 0 Å². The van der Waals surface area contributed by atoms with Crippen LogP contribution in [0.1, 0.15) is 25.5 Å². The minimum Gasteiger partial charge on any atom is -0.481 e. The maximum absolute atomic E-state index is 11.3. The zero-order valence-electron chi connectivity index (χ0n) is 11.1. The Bertz CT molecular complexity index is 430. The molecule has 2 heterocycles. The van der Waals surface area contributed by atoms with Crippen LogP contribution in [0.5, 0.6) is 0 Å². The molecule has 2 rings (SSSR count). The molecule has 1 saturated heterocycles. The molecule has 1 fully saturated rings. The topological polar surface area (TPSA) is 58.4 Å². The van der Waals surface area contributed by atoms with Crippen molar-refractivity contribution in [3.8, 4) is 0 Å². The summed E-state index contributed by atoms with van der Waals surface area (Å²) in [6, 6.07) is 2.01. The molecular weight excluding hydrogens is 230 g/mol. The fourth-order valence-corrected chi connectivity index (χ4v) is 2.63. The number of hydrogen-bond acceptors (Lipinski definition) is 3. The highest BCUT2D eigenvalue weighted by atomic mass is 16.4. The van der Waals surface area contributed by atoms with Gasteiger partial charge in [0.25, 0.3) is 0 Å². The van der Waals surface area contributed by atoms with Gasteiger partial charge in [0, 0.05) is 38.4 Å². The third kappa shape index (κ3) is 2.72. The summed E-state index contributed by atoms with van der Waals surface area (Å²) in [7, 11) is 1.94. The van der Waals surface area contributed by atoms with Crippen molar-refractivity contribution in [2.24, 2.45) is 12.5 Å². The summed E-state index contributed by atoms with van der Waals surface area (Å²) >= 11 is 0. The fourth-order valence-electron chi connectivity index (χ4n) is 2.63. The Kier molecular flexibility index (Phi) is 3.71. The standard InChI is InChI=1S/C13H21N3O2/c1-13(12(17)18)6-3-8-16(10-13)9-5-11-4-7-14-15(11)2/h4,7H,3,5-6,8-10H2,1-2H3,(H,17,18). The van der Waals surface area contributed by atoms with Crippen molar-refractivity contribution in [2.45, 2.75) is 26.2 Å². The number of aromatic nitrogens is 2. The molecule has 18 heavy (non-hydrogen) atoms. The van der Waals surface area contributed by atoms with Crippen LogP contribution in [0.4, 0.5) is 0 Å². The van der Waals surface area contributed by atoms with Crippen molar-refractivity contribution in [3.05, 3.63) is 18.0 Å². The molecule has 0 spiro atoms. The lowest BCUT2D eigenvalue weighted by Gasteiger charge is -2.37. The maximum Gasteiger partial charge on any atom is 0.310 e. The van der Waals surface area contributed by atoms with Crippen molar-refractivity contribution in [2.75, 3.05) is 19.6 Å². The van der Waals surface area contributed by atoms with E-state index in [4.69, 9.17) is 0 Å². The van der Waals surface area contributed by atoms with E-state index < -0.39 is 11.4 Å². The van der Waals surface area contributed by atoms with Crippen molar-refractivity contribution in [1.29, 1.82) is 0 Å². The predicted molar refractivity (Wildman–Crippen MR) is 68.3 cm³/mol. The molecule has 5 heteroatoms. The summed E-state index contributed by atoms with van der Waals surface area (Å²) in [5.41, 5.74) is 0.614. The normalized spacial score (nSPS) is 25.2. The molecule has 1 unspecified atom stereocenters. The highest BCUT2D eigenvalue weighted by Crippen LogP contribution is 2.29. The van der Waals surface area contributed by atoms with Crippen LogP contribution in [-0.2, 0) is 18.3 Å². The van der Waals surface area contributed by atoms with Gasteiger partial charge in [0.1, 0.15) is 0 Å². The number of likely N-dealkylation sites (tertiary alicyclic amines) is 1. The number of hydrogen-bond donors (Lipinski definition) is 1. The molecule has 0 saturated carbocycles. The monoisotopic (exact) mass is 251 g/mol. The average molecular weight is 251 g/mol. The first-order valence-corrected chi connectivity index (χ1v) is 6.44. The van der Waals surface area contributed by atoms with Gasteiger partial charge in [-0.05, 0) is 32.4 Å². The number of nitrogens with zero attached hydrogens (tertiary/aromatic N) is 3. The van der Waals surface area contributed by atoms with Gasteiger partial charge in [0.15, 0.2) is 0 Å². The number of rotatable bonds is 4. The Morgan fingerprint density at radius 3 is 3.00 bits per heavy atom. The molecule has 1 N–H and O–H groups in total. The van der Waals surface area contributed by atoms with Crippen LogP contribution in [0.15, 0.2) is 12.3 Å². The maximum atomic E-state index is 11.3. The number of carboxylic acids is 1. The molecule has 5 nitrogen and oxygen atoms in total. The first kappa shape index (κ1) is 13.1. The summed E-state index contributed by atoms with van der Waals surface area (Å²) in [6.45, 7) is 4.41. The van der Waals surface area contributed by atoms with E-state index in [1.54, 1.807) is 6.20 Å². The lowest BCUT2D eigenvalue weighted by Crippen LogP contribution is -2.46. The van der Waals surface area contributed by atoms with E-state index in [1.807, 2.05) is 24.7 Å². The van der Waals surface area contributed by atoms with E-state index in [0.717, 1.165) is 32.4 Å². The Morgan fingerprint density at radius 1 is 1.61 bits per heavy atom. The Morgan fingerprint density at radius 2 is 2.39 bits per heavy atom. The lowest BCUT2D eigenvalue weighted by molar-refractivity contribution is -0.151. The summed E-state index contributed by atoms with van der Waals surface area (Å²) in [5, 5.41) is 13.4. The van der Waals surface area contributed by atoms with Crippen LogP contribution in [0.25, 0.3) is 0 Å². The van der Waals surface area contributed by atoms with Crippen molar-refractivity contribution in [1.82, 2.24) is 14.7 Å². The van der Waals surface area contributed by atoms with Gasteiger partial charge >= 0.3 is 5.97 Å². The Hall–Kier alpha value is -1.36. The molecule has 1 aliphatic rings. The van der Waals surface area contributed by atoms with Crippen molar-refractivity contribution >= 4 is 5.97 Å². The van der Waals surface area contributed by atoms with Gasteiger partial charge in [0.05, 0.1) is 5.41 Å². The molecule has 1 aromatic heterocycles. The molecule has 0 aliphatic carbocycles. The van der Waals surface area contributed by atoms with Gasteiger partial charge < -0.3 is 10.0 Å². The summed E-state index contributed by atoms with van der Waals surface area (Å²) in [6.07, 6.45) is 4.47. The molecule has 0 amide bonds. The number of aliphatic carboxylic acids is 1. The van der Waals surface area contributed by atoms with Crippen LogP contribution in [0, 0.1) is 5.41 Å². The minimum absolute atomic E-state index is 0.579. The molecule has 100 valence electrons. The van der Waals surface area contributed by atoms with E-state index >= 15 is 0 Å². The third-order valence-corrected chi connectivity index (χ3v) is 3.90. The second-order valence-electron chi connectivity index (χ2n) is 5.44. The summed E-state index contributed by atoms with van der Waals surface area (Å²) in [4.78, 5) is 13.5. The first-order valence-electron chi connectivity index (χ1n) is 6.44. The first-order chi connectivity index (χ1) is 8.51. The highest BCUT2D eigenvalue weighted by molar-refractivity contribution is 5.74. The lowest BCUT2D eigenvalue weighted by atomic mass is 9.82. The predicted octanol–water partition coefficient (Wildman–Crippen LogP) is 1.15. The number of piperidine rings is 1. The molecule has 0 bridgehead atoms. The highest BCUT2D eigenvalue weighted by Gasteiger charge is 2.37. The Labute approximate surface area is 107 Å². The average Bonchev–Trinajstić information content (AvgIpc) is 2.72. The molecule has 1 aliphatic heterocycles. The number of carboxylic acid groups (broad SMARTS) is 1. The number of aryl methyl sites for hydroxylation is 1. The van der Waals surface area contributed by atoms with Gasteiger partial charge in [0.2, 0.25) is 0 Å². The Balaban J connectivity index is 1.90. The SMILES string of the molecule is Cn1nccc1CCN1CCCC(C)(C(=O)O)C1. The zero-order chi connectivity index (χ0) is 13.2. The molecular formula is C13H21N3O2. The molecule has 0 radical (unpaired) electrons. The van der Waals surface area contributed by atoms with Gasteiger partial charge in [-0.1, -0.05) is 0 Å². The van der Waals surface area contributed by atoms with Gasteiger partial charge in [-0.15, -0.1) is 0 Å². The van der Waals surface area contributed by atoms with E-state index in [-0.39, 0.29) is 0 Å². The van der Waals surface area contributed by atoms with Crippen LogP contribution < -0.4 is 0 Å². The summed E-state index contributed by atoms with van der Waals surface area (Å²) < 4.78 is 1.88. The molecule has 1 atom stereocenters. The largest absolute Gasteiger partial charge is 0.481 e. The number of carbonyl (C=O) groups is 1. The molecule has 1 aromatic rings. The van der Waals surface area contributed by atoms with Crippen LogP contribution in [-0.4, -0.2) is 45.4 Å². The van der Waals surface area contributed by atoms with Crippen molar-refractivity contribution < 1.29 is 9.90 Å². The smallest absolute Gasteiger partial charge is 0.310 e.